The van der Waals surface area contributed by atoms with E-state index in [0.717, 1.165) is 11.3 Å². The Balaban J connectivity index is 2.13. The molecule has 2 unspecified atom stereocenters. The van der Waals surface area contributed by atoms with E-state index in [9.17, 15) is 5.11 Å². The van der Waals surface area contributed by atoms with Crippen LogP contribution in [-0.4, -0.2) is 16.6 Å². The van der Waals surface area contributed by atoms with Crippen molar-refractivity contribution in [3.05, 3.63) is 29.8 Å². The lowest BCUT2D eigenvalue weighted by molar-refractivity contribution is 0.462. The molecule has 0 aliphatic carbocycles. The van der Waals surface area contributed by atoms with Gasteiger partial charge in [0.1, 0.15) is 5.75 Å². The van der Waals surface area contributed by atoms with E-state index >= 15 is 0 Å². The van der Waals surface area contributed by atoms with Gasteiger partial charge in [-0.25, -0.2) is 0 Å². The molecule has 2 nitrogen and oxygen atoms in total. The Kier molecular flexibility index (Phi) is 2.99. The zero-order valence-electron chi connectivity index (χ0n) is 8.02. The molecule has 76 valence electrons. The topological polar surface area (TPSA) is 46.2 Å². The second kappa shape index (κ2) is 4.24. The molecule has 0 spiro atoms. The van der Waals surface area contributed by atoms with Gasteiger partial charge in [-0.3, -0.25) is 0 Å². The Bertz CT molecular complexity index is 310. The lowest BCUT2D eigenvalue weighted by Gasteiger charge is -2.18. The number of benzene rings is 1. The second-order valence-corrected chi connectivity index (χ2v) is 4.89. The van der Waals surface area contributed by atoms with Gasteiger partial charge in [0.05, 0.1) is 0 Å². The molecule has 0 bridgehead atoms. The van der Waals surface area contributed by atoms with Gasteiger partial charge in [-0.2, -0.15) is 11.8 Å². The van der Waals surface area contributed by atoms with Crippen molar-refractivity contribution in [2.75, 3.05) is 11.5 Å². The molecule has 0 aromatic heterocycles. The molecule has 2 atom stereocenters. The number of hydrogen-bond acceptors (Lipinski definition) is 3. The number of nitrogens with two attached hydrogens (primary N) is 1. The Hall–Kier alpha value is -0.670. The summed E-state index contributed by atoms with van der Waals surface area (Å²) in [5, 5.41) is 9.34. The molecule has 1 heterocycles. The van der Waals surface area contributed by atoms with Gasteiger partial charge in [-0.05, 0) is 41.5 Å². The minimum absolute atomic E-state index is 0.0806. The highest BCUT2D eigenvalue weighted by Gasteiger charge is 2.23. The van der Waals surface area contributed by atoms with Crippen LogP contribution in [0.25, 0.3) is 0 Å². The Labute approximate surface area is 88.5 Å². The van der Waals surface area contributed by atoms with Crippen molar-refractivity contribution in [1.82, 2.24) is 0 Å². The summed E-state index contributed by atoms with van der Waals surface area (Å²) in [6.45, 7) is 0. The van der Waals surface area contributed by atoms with E-state index in [2.05, 4.69) is 0 Å². The first-order chi connectivity index (χ1) is 6.77. The molecule has 1 aliphatic heterocycles. The van der Waals surface area contributed by atoms with Crippen molar-refractivity contribution in [3.63, 3.8) is 0 Å². The van der Waals surface area contributed by atoms with E-state index in [4.69, 9.17) is 5.73 Å². The summed E-state index contributed by atoms with van der Waals surface area (Å²) in [4.78, 5) is 0. The van der Waals surface area contributed by atoms with Gasteiger partial charge in [-0.15, -0.1) is 0 Å². The molecule has 0 saturated carbocycles. The van der Waals surface area contributed by atoms with Crippen LogP contribution < -0.4 is 5.73 Å². The molecule has 0 radical (unpaired) electrons. The summed E-state index contributed by atoms with van der Waals surface area (Å²) in [5.41, 5.74) is 7.20. The highest BCUT2D eigenvalue weighted by atomic mass is 32.2. The van der Waals surface area contributed by atoms with E-state index < -0.39 is 0 Å². The lowest BCUT2D eigenvalue weighted by Crippen LogP contribution is -2.20. The molecule has 14 heavy (non-hydrogen) atoms. The minimum atomic E-state index is 0.0806. The van der Waals surface area contributed by atoms with Crippen molar-refractivity contribution in [1.29, 1.82) is 0 Å². The van der Waals surface area contributed by atoms with E-state index in [-0.39, 0.29) is 6.04 Å². The first-order valence-electron chi connectivity index (χ1n) is 4.89. The van der Waals surface area contributed by atoms with Gasteiger partial charge in [-0.1, -0.05) is 12.1 Å². The Morgan fingerprint density at radius 2 is 2.36 bits per heavy atom. The summed E-state index contributed by atoms with van der Waals surface area (Å²) >= 11 is 1.97. The lowest BCUT2D eigenvalue weighted by atomic mass is 9.93. The summed E-state index contributed by atoms with van der Waals surface area (Å²) < 4.78 is 0. The van der Waals surface area contributed by atoms with Crippen molar-refractivity contribution in [2.45, 2.75) is 12.5 Å². The fourth-order valence-electron chi connectivity index (χ4n) is 1.84. The average molecular weight is 209 g/mol. The summed E-state index contributed by atoms with van der Waals surface area (Å²) in [7, 11) is 0. The van der Waals surface area contributed by atoms with Crippen LogP contribution in [0.5, 0.6) is 5.75 Å². The molecular weight excluding hydrogens is 194 g/mol. The third kappa shape index (κ3) is 2.04. The molecule has 1 saturated heterocycles. The molecule has 1 aliphatic rings. The fraction of sp³-hybridized carbons (Fsp3) is 0.455. The van der Waals surface area contributed by atoms with Gasteiger partial charge in [0, 0.05) is 6.04 Å². The predicted octanol–water partition coefficient (Wildman–Crippen LogP) is 2.15. The number of thioether (sulfide) groups is 1. The van der Waals surface area contributed by atoms with Crippen LogP contribution >= 0.6 is 11.8 Å². The summed E-state index contributed by atoms with van der Waals surface area (Å²) in [6.07, 6.45) is 1.20. The van der Waals surface area contributed by atoms with Crippen molar-refractivity contribution in [3.8, 4) is 5.75 Å². The van der Waals surface area contributed by atoms with Crippen LogP contribution in [0.2, 0.25) is 0 Å². The third-order valence-corrected chi connectivity index (χ3v) is 3.92. The summed E-state index contributed by atoms with van der Waals surface area (Å²) in [5.74, 6) is 3.25. The van der Waals surface area contributed by atoms with Crippen LogP contribution in [0.15, 0.2) is 24.3 Å². The van der Waals surface area contributed by atoms with Crippen LogP contribution in [0, 0.1) is 5.92 Å². The Morgan fingerprint density at radius 1 is 1.50 bits per heavy atom. The normalized spacial score (nSPS) is 23.6. The third-order valence-electron chi connectivity index (χ3n) is 2.73. The highest BCUT2D eigenvalue weighted by Crippen LogP contribution is 2.33. The number of aromatic hydroxyl groups is 1. The monoisotopic (exact) mass is 209 g/mol. The van der Waals surface area contributed by atoms with Gasteiger partial charge in [0.15, 0.2) is 0 Å². The van der Waals surface area contributed by atoms with Gasteiger partial charge >= 0.3 is 0 Å². The van der Waals surface area contributed by atoms with Crippen molar-refractivity contribution in [2.24, 2.45) is 11.7 Å². The molecule has 1 aromatic rings. The molecule has 1 aromatic carbocycles. The quantitative estimate of drug-likeness (QED) is 0.784. The molecule has 0 amide bonds. The van der Waals surface area contributed by atoms with Crippen LogP contribution in [0.1, 0.15) is 18.0 Å². The average Bonchev–Trinajstić information content (AvgIpc) is 2.69. The molecule has 3 heteroatoms. The van der Waals surface area contributed by atoms with Crippen LogP contribution in [0.3, 0.4) is 0 Å². The fourth-order valence-corrected chi connectivity index (χ4v) is 3.15. The van der Waals surface area contributed by atoms with E-state index in [1.54, 1.807) is 12.1 Å². The van der Waals surface area contributed by atoms with Crippen molar-refractivity contribution >= 4 is 11.8 Å². The molecule has 3 N–H and O–H groups in total. The van der Waals surface area contributed by atoms with Crippen LogP contribution in [0.4, 0.5) is 0 Å². The maximum absolute atomic E-state index is 9.34. The van der Waals surface area contributed by atoms with E-state index in [0.29, 0.717) is 11.7 Å². The predicted molar refractivity (Wildman–Crippen MR) is 60.5 cm³/mol. The van der Waals surface area contributed by atoms with Gasteiger partial charge in [0.2, 0.25) is 0 Å². The maximum Gasteiger partial charge on any atom is 0.115 e. The number of hydrogen-bond donors (Lipinski definition) is 2. The van der Waals surface area contributed by atoms with Crippen molar-refractivity contribution < 1.29 is 5.11 Å². The number of phenolic OH excluding ortho intramolecular Hbond substituents is 1. The highest BCUT2D eigenvalue weighted by molar-refractivity contribution is 7.99. The maximum atomic E-state index is 9.34. The first-order valence-corrected chi connectivity index (χ1v) is 6.05. The van der Waals surface area contributed by atoms with Gasteiger partial charge in [0.25, 0.3) is 0 Å². The standard InChI is InChI=1S/C11H15NOS/c12-11(9-4-5-14-7-9)8-2-1-3-10(13)6-8/h1-3,6,9,11,13H,4-5,7,12H2. The van der Waals surface area contributed by atoms with E-state index in [1.807, 2.05) is 23.9 Å². The van der Waals surface area contributed by atoms with Crippen LogP contribution in [-0.2, 0) is 0 Å². The number of rotatable bonds is 2. The van der Waals surface area contributed by atoms with E-state index in [1.165, 1.54) is 12.2 Å². The van der Waals surface area contributed by atoms with Gasteiger partial charge < -0.3 is 10.8 Å². The number of phenols is 1. The Morgan fingerprint density at radius 3 is 3.00 bits per heavy atom. The molecule has 2 rings (SSSR count). The zero-order valence-corrected chi connectivity index (χ0v) is 8.83. The molecular formula is C11H15NOS. The SMILES string of the molecule is NC(c1cccc(O)c1)C1CCSC1. The smallest absolute Gasteiger partial charge is 0.115 e. The zero-order chi connectivity index (χ0) is 9.97. The molecule has 1 fully saturated rings. The minimum Gasteiger partial charge on any atom is -0.508 e. The first kappa shape index (κ1) is 9.87. The summed E-state index contributed by atoms with van der Waals surface area (Å²) in [6, 6.07) is 7.38. The second-order valence-electron chi connectivity index (χ2n) is 3.74. The largest absolute Gasteiger partial charge is 0.508 e.